The summed E-state index contributed by atoms with van der Waals surface area (Å²) in [6, 6.07) is 11.9. The molecule has 116 valence electrons. The van der Waals surface area contributed by atoms with Gasteiger partial charge < -0.3 is 19.9 Å². The van der Waals surface area contributed by atoms with Crippen LogP contribution in [0.2, 0.25) is 0 Å². The van der Waals surface area contributed by atoms with Crippen LogP contribution >= 0.6 is 0 Å². The molecular weight excluding hydrogens is 278 g/mol. The molecule has 2 heterocycles. The highest BCUT2D eigenvalue weighted by molar-refractivity contribution is 5.73. The van der Waals surface area contributed by atoms with Crippen LogP contribution in [0.25, 0.3) is 0 Å². The summed E-state index contributed by atoms with van der Waals surface area (Å²) in [5, 5.41) is 5.74. The van der Waals surface area contributed by atoms with E-state index in [1.54, 1.807) is 0 Å². The molecule has 0 aliphatic carbocycles. The van der Waals surface area contributed by atoms with Gasteiger partial charge in [-0.25, -0.2) is 4.79 Å². The molecule has 2 N–H and O–H groups in total. The Morgan fingerprint density at radius 1 is 1.27 bits per heavy atom. The summed E-state index contributed by atoms with van der Waals surface area (Å²) < 4.78 is 7.86. The maximum Gasteiger partial charge on any atom is 0.315 e. The molecule has 22 heavy (non-hydrogen) atoms. The number of fused-ring (bicyclic) bond motifs is 1. The van der Waals surface area contributed by atoms with Gasteiger partial charge in [0.05, 0.1) is 13.1 Å². The van der Waals surface area contributed by atoms with Gasteiger partial charge >= 0.3 is 6.03 Å². The number of nitrogens with one attached hydrogen (secondary N) is 2. The number of amides is 2. The first-order chi connectivity index (χ1) is 10.6. The van der Waals surface area contributed by atoms with E-state index in [-0.39, 0.29) is 12.1 Å². The molecule has 0 saturated carbocycles. The second-order valence-corrected chi connectivity index (χ2v) is 5.64. The molecule has 1 atom stereocenters. The summed E-state index contributed by atoms with van der Waals surface area (Å²) in [6.07, 6.45) is 0.855. The van der Waals surface area contributed by atoms with Crippen molar-refractivity contribution < 1.29 is 9.53 Å². The first-order valence-corrected chi connectivity index (χ1v) is 7.51. The summed E-state index contributed by atoms with van der Waals surface area (Å²) in [5.41, 5.74) is 3.46. The fourth-order valence-corrected chi connectivity index (χ4v) is 2.65. The lowest BCUT2D eigenvalue weighted by molar-refractivity contribution is 0.213. The van der Waals surface area contributed by atoms with E-state index in [0.717, 1.165) is 17.9 Å². The first-order valence-electron chi connectivity index (χ1n) is 7.51. The van der Waals surface area contributed by atoms with E-state index in [0.29, 0.717) is 13.1 Å². The van der Waals surface area contributed by atoms with Gasteiger partial charge in [0, 0.05) is 24.9 Å². The minimum absolute atomic E-state index is 0.0143. The molecule has 2 aromatic rings. The minimum atomic E-state index is -0.168. The molecule has 2 amide bonds. The van der Waals surface area contributed by atoms with E-state index >= 15 is 0 Å². The van der Waals surface area contributed by atoms with Crippen LogP contribution in [-0.2, 0) is 20.0 Å². The third-order valence-electron chi connectivity index (χ3n) is 4.11. The molecule has 5 heteroatoms. The molecule has 1 unspecified atom stereocenters. The fraction of sp³-hybridized carbons (Fsp3) is 0.353. The first kappa shape index (κ1) is 14.5. The Bertz CT molecular complexity index is 653. The van der Waals surface area contributed by atoms with E-state index in [2.05, 4.69) is 21.3 Å². The van der Waals surface area contributed by atoms with E-state index in [1.807, 2.05) is 44.3 Å². The Morgan fingerprint density at radius 3 is 2.82 bits per heavy atom. The van der Waals surface area contributed by atoms with Crippen molar-refractivity contribution in [2.45, 2.75) is 26.0 Å². The topological polar surface area (TPSA) is 55.3 Å². The van der Waals surface area contributed by atoms with Crippen LogP contribution < -0.4 is 15.4 Å². The van der Waals surface area contributed by atoms with Gasteiger partial charge in [0.15, 0.2) is 0 Å². The van der Waals surface area contributed by atoms with Gasteiger partial charge in [0.2, 0.25) is 0 Å². The number of hydrogen-bond donors (Lipinski definition) is 2. The number of rotatable bonds is 4. The molecule has 0 spiro atoms. The molecular formula is C17H21N3O2. The number of hydrogen-bond acceptors (Lipinski definition) is 2. The van der Waals surface area contributed by atoms with Crippen LogP contribution in [0.1, 0.15) is 17.0 Å². The standard InChI is InChI=1S/C17H21N3O2/c1-12-7-8-14(20(12)2)10-18-17(21)19-11-15-9-13-5-3-4-6-16(13)22-15/h3-8,15H,9-11H2,1-2H3,(H2,18,19,21). The third-order valence-corrected chi connectivity index (χ3v) is 4.11. The minimum Gasteiger partial charge on any atom is -0.488 e. The van der Waals surface area contributed by atoms with Crippen LogP contribution in [0.4, 0.5) is 4.79 Å². The molecule has 5 nitrogen and oxygen atoms in total. The quantitative estimate of drug-likeness (QED) is 0.909. The van der Waals surface area contributed by atoms with Crippen LogP contribution in [-0.4, -0.2) is 23.2 Å². The average molecular weight is 299 g/mol. The highest BCUT2D eigenvalue weighted by atomic mass is 16.5. The zero-order valence-electron chi connectivity index (χ0n) is 12.9. The van der Waals surface area contributed by atoms with Crippen molar-refractivity contribution in [1.82, 2.24) is 15.2 Å². The van der Waals surface area contributed by atoms with E-state index in [1.165, 1.54) is 11.3 Å². The number of nitrogens with zero attached hydrogens (tertiary/aromatic N) is 1. The van der Waals surface area contributed by atoms with Gasteiger partial charge in [0.1, 0.15) is 11.9 Å². The van der Waals surface area contributed by atoms with Crippen molar-refractivity contribution in [3.8, 4) is 5.75 Å². The number of aryl methyl sites for hydroxylation is 1. The van der Waals surface area contributed by atoms with Crippen LogP contribution in [0.3, 0.4) is 0 Å². The molecule has 1 aromatic carbocycles. The van der Waals surface area contributed by atoms with Gasteiger partial charge in [-0.15, -0.1) is 0 Å². The van der Waals surface area contributed by atoms with Crippen LogP contribution in [0.15, 0.2) is 36.4 Å². The SMILES string of the molecule is Cc1ccc(CNC(=O)NCC2Cc3ccccc3O2)n1C. The Morgan fingerprint density at radius 2 is 2.09 bits per heavy atom. The van der Waals surface area contributed by atoms with E-state index in [4.69, 9.17) is 4.74 Å². The van der Waals surface area contributed by atoms with Gasteiger partial charge in [-0.3, -0.25) is 0 Å². The van der Waals surface area contributed by atoms with Gasteiger partial charge in [-0.05, 0) is 30.7 Å². The molecule has 0 saturated heterocycles. The van der Waals surface area contributed by atoms with Crippen molar-refractivity contribution in [2.75, 3.05) is 6.54 Å². The molecule has 0 bridgehead atoms. The number of carbonyl (C=O) groups is 1. The maximum atomic E-state index is 11.9. The molecule has 3 rings (SSSR count). The number of urea groups is 1. The Balaban J connectivity index is 1.43. The number of para-hydroxylation sites is 1. The normalized spacial score (nSPS) is 16.0. The molecule has 1 aliphatic rings. The van der Waals surface area contributed by atoms with Crippen LogP contribution in [0.5, 0.6) is 5.75 Å². The number of ether oxygens (including phenoxy) is 1. The zero-order chi connectivity index (χ0) is 15.5. The highest BCUT2D eigenvalue weighted by Gasteiger charge is 2.22. The summed E-state index contributed by atoms with van der Waals surface area (Å²) in [6.45, 7) is 3.06. The number of benzene rings is 1. The zero-order valence-corrected chi connectivity index (χ0v) is 12.9. The third kappa shape index (κ3) is 3.08. The van der Waals surface area contributed by atoms with Crippen molar-refractivity contribution in [1.29, 1.82) is 0 Å². The molecule has 1 aliphatic heterocycles. The van der Waals surface area contributed by atoms with Crippen molar-refractivity contribution in [3.63, 3.8) is 0 Å². The Hall–Kier alpha value is -2.43. The Labute approximate surface area is 130 Å². The number of aromatic nitrogens is 1. The van der Waals surface area contributed by atoms with Crippen molar-refractivity contribution >= 4 is 6.03 Å². The van der Waals surface area contributed by atoms with E-state index in [9.17, 15) is 4.79 Å². The predicted octanol–water partition coefficient (Wildman–Crippen LogP) is 2.14. The number of carbonyl (C=O) groups excluding carboxylic acids is 1. The van der Waals surface area contributed by atoms with Gasteiger partial charge in [-0.1, -0.05) is 18.2 Å². The van der Waals surface area contributed by atoms with Crippen molar-refractivity contribution in [2.24, 2.45) is 7.05 Å². The largest absolute Gasteiger partial charge is 0.488 e. The fourth-order valence-electron chi connectivity index (χ4n) is 2.65. The lowest BCUT2D eigenvalue weighted by Crippen LogP contribution is -2.40. The lowest BCUT2D eigenvalue weighted by Gasteiger charge is -2.13. The van der Waals surface area contributed by atoms with E-state index < -0.39 is 0 Å². The smallest absolute Gasteiger partial charge is 0.315 e. The Kier molecular flexibility index (Phi) is 4.04. The van der Waals surface area contributed by atoms with Crippen LogP contribution in [0, 0.1) is 6.92 Å². The van der Waals surface area contributed by atoms with Crippen molar-refractivity contribution in [3.05, 3.63) is 53.3 Å². The summed E-state index contributed by atoms with van der Waals surface area (Å²) in [7, 11) is 1.99. The summed E-state index contributed by atoms with van der Waals surface area (Å²) in [5.74, 6) is 0.925. The lowest BCUT2D eigenvalue weighted by atomic mass is 10.1. The molecule has 0 radical (unpaired) electrons. The average Bonchev–Trinajstić information content (AvgIpc) is 3.07. The second kappa shape index (κ2) is 6.13. The summed E-state index contributed by atoms with van der Waals surface area (Å²) >= 11 is 0. The maximum absolute atomic E-state index is 11.9. The predicted molar refractivity (Wildman–Crippen MR) is 85.0 cm³/mol. The monoisotopic (exact) mass is 299 g/mol. The molecule has 0 fully saturated rings. The van der Waals surface area contributed by atoms with Gasteiger partial charge in [-0.2, -0.15) is 0 Å². The highest BCUT2D eigenvalue weighted by Crippen LogP contribution is 2.27. The second-order valence-electron chi connectivity index (χ2n) is 5.64. The molecule has 1 aromatic heterocycles. The van der Waals surface area contributed by atoms with Gasteiger partial charge in [0.25, 0.3) is 0 Å². The summed E-state index contributed by atoms with van der Waals surface area (Å²) in [4.78, 5) is 11.9.